The molecule has 0 saturated carbocycles. The highest BCUT2D eigenvalue weighted by atomic mass is 16.2. The number of hydrogen-bond acceptors (Lipinski definition) is 3. The summed E-state index contributed by atoms with van der Waals surface area (Å²) in [5.41, 5.74) is 9.43. The van der Waals surface area contributed by atoms with E-state index in [2.05, 4.69) is 24.3 Å². The molecule has 0 spiro atoms. The average Bonchev–Trinajstić information content (AvgIpc) is 2.79. The Balaban J connectivity index is 2.00. The van der Waals surface area contributed by atoms with Crippen molar-refractivity contribution in [1.29, 1.82) is 0 Å². The lowest BCUT2D eigenvalue weighted by Gasteiger charge is -2.08. The molecule has 134 valence electrons. The third kappa shape index (κ3) is 4.92. The van der Waals surface area contributed by atoms with Crippen molar-refractivity contribution in [2.45, 2.75) is 47.1 Å². The van der Waals surface area contributed by atoms with E-state index in [-0.39, 0.29) is 5.91 Å². The predicted octanol–water partition coefficient (Wildman–Crippen LogP) is 2.83. The van der Waals surface area contributed by atoms with Gasteiger partial charge in [-0.05, 0) is 49.9 Å². The summed E-state index contributed by atoms with van der Waals surface area (Å²) in [6.07, 6.45) is 0.993. The maximum atomic E-state index is 12.2. The van der Waals surface area contributed by atoms with Crippen LogP contribution in [0.4, 0.5) is 5.69 Å². The fourth-order valence-electron chi connectivity index (χ4n) is 2.83. The van der Waals surface area contributed by atoms with E-state index in [0.29, 0.717) is 30.0 Å². The van der Waals surface area contributed by atoms with Gasteiger partial charge >= 0.3 is 0 Å². The van der Waals surface area contributed by atoms with Crippen LogP contribution in [0.3, 0.4) is 0 Å². The van der Waals surface area contributed by atoms with E-state index in [4.69, 9.17) is 5.73 Å². The lowest BCUT2D eigenvalue weighted by Crippen LogP contribution is -2.15. The molecule has 0 aliphatic carbocycles. The number of carbonyl (C=O) groups is 2. The summed E-state index contributed by atoms with van der Waals surface area (Å²) >= 11 is 0. The van der Waals surface area contributed by atoms with Crippen LogP contribution in [0, 0.1) is 19.8 Å². The van der Waals surface area contributed by atoms with Crippen molar-refractivity contribution in [2.75, 3.05) is 5.32 Å². The number of anilines is 1. The number of primary amides is 1. The maximum Gasteiger partial charge on any atom is 0.248 e. The molecule has 1 aromatic heterocycles. The highest BCUT2D eigenvalue weighted by Crippen LogP contribution is 2.17. The number of benzene rings is 1. The second-order valence-electron chi connectivity index (χ2n) is 6.72. The molecule has 0 radical (unpaired) electrons. The molecule has 0 aliphatic rings. The Morgan fingerprint density at radius 1 is 1.28 bits per heavy atom. The van der Waals surface area contributed by atoms with Gasteiger partial charge in [-0.3, -0.25) is 14.3 Å². The van der Waals surface area contributed by atoms with E-state index >= 15 is 0 Å². The smallest absolute Gasteiger partial charge is 0.248 e. The summed E-state index contributed by atoms with van der Waals surface area (Å²) < 4.78 is 2.02. The fourth-order valence-corrected chi connectivity index (χ4v) is 2.83. The molecule has 3 N–H and O–H groups in total. The third-order valence-corrected chi connectivity index (χ3v) is 4.10. The van der Waals surface area contributed by atoms with Crippen LogP contribution in [0.15, 0.2) is 24.3 Å². The fraction of sp³-hybridized carbons (Fsp3) is 0.421. The van der Waals surface area contributed by atoms with Gasteiger partial charge in [0, 0.05) is 29.9 Å². The summed E-state index contributed by atoms with van der Waals surface area (Å²) in [6, 6.07) is 6.63. The Morgan fingerprint density at radius 2 is 2.00 bits per heavy atom. The zero-order valence-electron chi connectivity index (χ0n) is 15.3. The van der Waals surface area contributed by atoms with Gasteiger partial charge in [0.05, 0.1) is 5.69 Å². The van der Waals surface area contributed by atoms with Crippen LogP contribution in [0.25, 0.3) is 0 Å². The maximum absolute atomic E-state index is 12.2. The highest BCUT2D eigenvalue weighted by molar-refractivity contribution is 5.96. The number of aromatic nitrogens is 2. The van der Waals surface area contributed by atoms with Gasteiger partial charge in [-0.15, -0.1) is 0 Å². The molecule has 0 fully saturated rings. The molecule has 2 rings (SSSR count). The second-order valence-corrected chi connectivity index (χ2v) is 6.72. The van der Waals surface area contributed by atoms with Crippen molar-refractivity contribution in [2.24, 2.45) is 11.7 Å². The lowest BCUT2D eigenvalue weighted by atomic mass is 10.1. The average molecular weight is 342 g/mol. The van der Waals surface area contributed by atoms with Gasteiger partial charge in [0.15, 0.2) is 0 Å². The van der Waals surface area contributed by atoms with Gasteiger partial charge in [-0.25, -0.2) is 0 Å². The minimum Gasteiger partial charge on any atom is -0.366 e. The van der Waals surface area contributed by atoms with Crippen LogP contribution in [-0.2, 0) is 17.8 Å². The summed E-state index contributed by atoms with van der Waals surface area (Å²) in [4.78, 5) is 23.4. The quantitative estimate of drug-likeness (QED) is 0.810. The highest BCUT2D eigenvalue weighted by Gasteiger charge is 2.14. The van der Waals surface area contributed by atoms with Crippen LogP contribution >= 0.6 is 0 Å². The van der Waals surface area contributed by atoms with Crippen molar-refractivity contribution in [3.05, 3.63) is 46.8 Å². The van der Waals surface area contributed by atoms with Crippen LogP contribution in [0.5, 0.6) is 0 Å². The molecule has 0 atom stereocenters. The number of nitrogens with two attached hydrogens (primary N) is 1. The third-order valence-electron chi connectivity index (χ3n) is 4.10. The van der Waals surface area contributed by atoms with Crippen molar-refractivity contribution in [1.82, 2.24) is 9.78 Å². The Kier molecular flexibility index (Phi) is 5.96. The molecular weight excluding hydrogens is 316 g/mol. The molecule has 6 nitrogen and oxygen atoms in total. The Labute approximate surface area is 148 Å². The summed E-state index contributed by atoms with van der Waals surface area (Å²) in [7, 11) is 0. The molecule has 6 heteroatoms. The Hall–Kier alpha value is -2.63. The van der Waals surface area contributed by atoms with Gasteiger partial charge in [0.1, 0.15) is 0 Å². The molecule has 0 bridgehead atoms. The summed E-state index contributed by atoms with van der Waals surface area (Å²) in [5, 5.41) is 7.39. The zero-order chi connectivity index (χ0) is 18.6. The molecule has 0 unspecified atom stereocenters. The van der Waals surface area contributed by atoms with Gasteiger partial charge in [-0.1, -0.05) is 19.9 Å². The summed E-state index contributed by atoms with van der Waals surface area (Å²) in [6.45, 7) is 9.21. The van der Waals surface area contributed by atoms with E-state index in [9.17, 15) is 9.59 Å². The molecule has 0 saturated heterocycles. The molecule has 1 aromatic carbocycles. The normalized spacial score (nSPS) is 10.9. The van der Waals surface area contributed by atoms with Crippen molar-refractivity contribution in [3.8, 4) is 0 Å². The van der Waals surface area contributed by atoms with E-state index in [1.165, 1.54) is 0 Å². The van der Waals surface area contributed by atoms with Crippen LogP contribution < -0.4 is 11.1 Å². The van der Waals surface area contributed by atoms with Crippen LogP contribution in [-0.4, -0.2) is 21.6 Å². The first-order valence-electron chi connectivity index (χ1n) is 8.50. The number of amides is 2. The number of rotatable bonds is 7. The van der Waals surface area contributed by atoms with E-state index in [1.54, 1.807) is 24.3 Å². The largest absolute Gasteiger partial charge is 0.366 e. The van der Waals surface area contributed by atoms with Gasteiger partial charge in [0.25, 0.3) is 0 Å². The Bertz CT molecular complexity index is 778. The van der Waals surface area contributed by atoms with E-state index in [1.807, 2.05) is 18.5 Å². The SMILES string of the molecule is Cc1nn(CC(C)C)c(C)c1CCC(=O)Nc1cccc(C(N)=O)c1. The summed E-state index contributed by atoms with van der Waals surface area (Å²) in [5.74, 6) is -0.0939. The number of aryl methyl sites for hydroxylation is 1. The number of hydrogen-bond donors (Lipinski definition) is 2. The first-order valence-corrected chi connectivity index (χ1v) is 8.50. The lowest BCUT2D eigenvalue weighted by molar-refractivity contribution is -0.116. The van der Waals surface area contributed by atoms with Crippen LogP contribution in [0.2, 0.25) is 0 Å². The van der Waals surface area contributed by atoms with Crippen molar-refractivity contribution in [3.63, 3.8) is 0 Å². The first kappa shape index (κ1) is 18.7. The topological polar surface area (TPSA) is 90.0 Å². The first-order chi connectivity index (χ1) is 11.8. The second kappa shape index (κ2) is 7.96. The zero-order valence-corrected chi connectivity index (χ0v) is 15.3. The molecule has 2 aromatic rings. The molecule has 25 heavy (non-hydrogen) atoms. The van der Waals surface area contributed by atoms with E-state index < -0.39 is 5.91 Å². The monoisotopic (exact) mass is 342 g/mol. The molecule has 0 aliphatic heterocycles. The van der Waals surface area contributed by atoms with Crippen molar-refractivity contribution < 1.29 is 9.59 Å². The Morgan fingerprint density at radius 3 is 2.64 bits per heavy atom. The van der Waals surface area contributed by atoms with E-state index in [0.717, 1.165) is 23.5 Å². The number of nitrogens with zero attached hydrogens (tertiary/aromatic N) is 2. The minimum absolute atomic E-state index is 0.1000. The predicted molar refractivity (Wildman–Crippen MR) is 98.4 cm³/mol. The van der Waals surface area contributed by atoms with Crippen LogP contribution in [0.1, 0.15) is 47.6 Å². The van der Waals surface area contributed by atoms with Crippen molar-refractivity contribution >= 4 is 17.5 Å². The standard InChI is InChI=1S/C19H26N4O2/c1-12(2)11-23-14(4)17(13(3)22-23)8-9-18(24)21-16-7-5-6-15(10-16)19(20)25/h5-7,10,12H,8-9,11H2,1-4H3,(H2,20,25)(H,21,24). The number of carbonyl (C=O) groups excluding carboxylic acids is 2. The van der Waals surface area contributed by atoms with Gasteiger partial charge in [0.2, 0.25) is 11.8 Å². The van der Waals surface area contributed by atoms with Gasteiger partial charge in [-0.2, -0.15) is 5.10 Å². The molecule has 2 amide bonds. The number of nitrogens with one attached hydrogen (secondary N) is 1. The molecular formula is C19H26N4O2. The van der Waals surface area contributed by atoms with Gasteiger partial charge < -0.3 is 11.1 Å². The molecule has 1 heterocycles. The minimum atomic E-state index is -0.514.